The second-order valence-electron chi connectivity index (χ2n) is 5.62. The normalized spacial score (nSPS) is 13.7. The van der Waals surface area contributed by atoms with Crippen molar-refractivity contribution in [2.24, 2.45) is 0 Å². The molecule has 2 N–H and O–H groups in total. The lowest BCUT2D eigenvalue weighted by molar-refractivity contribution is -0.139. The molecule has 0 radical (unpaired) electrons. The van der Waals surface area contributed by atoms with Crippen LogP contribution in [0.2, 0.25) is 0 Å². The minimum absolute atomic E-state index is 0.293. The van der Waals surface area contributed by atoms with Crippen molar-refractivity contribution in [3.63, 3.8) is 0 Å². The van der Waals surface area contributed by atoms with Gasteiger partial charge in [0.25, 0.3) is 5.91 Å². The monoisotopic (exact) mass is 388 g/mol. The van der Waals surface area contributed by atoms with Gasteiger partial charge in [-0.2, -0.15) is 13.2 Å². The third-order valence-electron chi connectivity index (χ3n) is 3.58. The Hall–Kier alpha value is -2.62. The standard InChI is InChI=1S/C16H15F3N2O4S/c1-15(7-12(22)23,9-4-3-5-10(6-9)25-2)21-13(24)11-8-26-14(20-11)16(17,18)19/h3-6,8H,7H2,1-2H3,(H,21,24)(H,22,23). The van der Waals surface area contributed by atoms with Crippen LogP contribution in [-0.4, -0.2) is 29.1 Å². The van der Waals surface area contributed by atoms with Crippen LogP contribution in [0, 0.1) is 0 Å². The first kappa shape index (κ1) is 19.7. The van der Waals surface area contributed by atoms with Gasteiger partial charge < -0.3 is 15.2 Å². The average molecular weight is 388 g/mol. The highest BCUT2D eigenvalue weighted by Gasteiger charge is 2.37. The Morgan fingerprint density at radius 3 is 2.58 bits per heavy atom. The maximum atomic E-state index is 12.6. The highest BCUT2D eigenvalue weighted by molar-refractivity contribution is 7.09. The number of aromatic nitrogens is 1. The molecule has 0 saturated carbocycles. The quantitative estimate of drug-likeness (QED) is 0.793. The Morgan fingerprint density at radius 1 is 1.35 bits per heavy atom. The number of thiazole rings is 1. The van der Waals surface area contributed by atoms with Crippen molar-refractivity contribution in [3.05, 3.63) is 45.9 Å². The number of methoxy groups -OCH3 is 1. The Kier molecular flexibility index (Phi) is 5.55. The van der Waals surface area contributed by atoms with Crippen LogP contribution in [0.5, 0.6) is 5.75 Å². The first-order valence-electron chi connectivity index (χ1n) is 7.27. The molecule has 2 aromatic rings. The molecular formula is C16H15F3N2O4S. The van der Waals surface area contributed by atoms with Gasteiger partial charge in [0.2, 0.25) is 0 Å². The van der Waals surface area contributed by atoms with E-state index in [0.29, 0.717) is 22.6 Å². The summed E-state index contributed by atoms with van der Waals surface area (Å²) in [6, 6.07) is 6.40. The van der Waals surface area contributed by atoms with Gasteiger partial charge in [-0.1, -0.05) is 12.1 Å². The lowest BCUT2D eigenvalue weighted by Crippen LogP contribution is -2.45. The molecule has 0 aliphatic carbocycles. The Labute approximate surface area is 150 Å². The minimum atomic E-state index is -4.65. The molecular weight excluding hydrogens is 373 g/mol. The first-order valence-corrected chi connectivity index (χ1v) is 8.15. The largest absolute Gasteiger partial charge is 0.497 e. The van der Waals surface area contributed by atoms with Gasteiger partial charge in [0, 0.05) is 5.38 Å². The number of carboxylic acid groups (broad SMARTS) is 1. The number of nitrogens with one attached hydrogen (secondary N) is 1. The van der Waals surface area contributed by atoms with Crippen molar-refractivity contribution >= 4 is 23.2 Å². The van der Waals surface area contributed by atoms with E-state index in [0.717, 1.165) is 5.38 Å². The minimum Gasteiger partial charge on any atom is -0.497 e. The fraction of sp³-hybridized carbons (Fsp3) is 0.312. The summed E-state index contributed by atoms with van der Waals surface area (Å²) in [6.07, 6.45) is -5.14. The molecule has 1 amide bonds. The molecule has 0 fully saturated rings. The Balaban J connectivity index is 2.33. The molecule has 6 nitrogen and oxygen atoms in total. The number of carboxylic acids is 1. The predicted octanol–water partition coefficient (Wildman–Crippen LogP) is 3.29. The van der Waals surface area contributed by atoms with E-state index in [4.69, 9.17) is 4.74 Å². The molecule has 10 heteroatoms. The third-order valence-corrected chi connectivity index (χ3v) is 4.47. The van der Waals surface area contributed by atoms with E-state index in [1.807, 2.05) is 0 Å². The topological polar surface area (TPSA) is 88.5 Å². The highest BCUT2D eigenvalue weighted by atomic mass is 32.1. The van der Waals surface area contributed by atoms with Gasteiger partial charge in [-0.15, -0.1) is 11.3 Å². The van der Waals surface area contributed by atoms with E-state index < -0.39 is 40.7 Å². The second kappa shape index (κ2) is 7.32. The van der Waals surface area contributed by atoms with Gasteiger partial charge in [-0.3, -0.25) is 9.59 Å². The van der Waals surface area contributed by atoms with Crippen molar-refractivity contribution in [2.75, 3.05) is 7.11 Å². The molecule has 1 unspecified atom stereocenters. The Morgan fingerprint density at radius 2 is 2.04 bits per heavy atom. The fourth-order valence-electron chi connectivity index (χ4n) is 2.31. The predicted molar refractivity (Wildman–Crippen MR) is 87.2 cm³/mol. The number of halogens is 3. The summed E-state index contributed by atoms with van der Waals surface area (Å²) in [5, 5.41) is 11.5. The number of ether oxygens (including phenoxy) is 1. The van der Waals surface area contributed by atoms with Crippen molar-refractivity contribution in [1.82, 2.24) is 10.3 Å². The molecule has 0 aliphatic rings. The van der Waals surface area contributed by atoms with Crippen molar-refractivity contribution < 1.29 is 32.6 Å². The molecule has 1 heterocycles. The number of benzene rings is 1. The molecule has 0 bridgehead atoms. The lowest BCUT2D eigenvalue weighted by Gasteiger charge is -2.30. The average Bonchev–Trinajstić information content (AvgIpc) is 3.04. The van der Waals surface area contributed by atoms with Crippen LogP contribution in [0.15, 0.2) is 29.6 Å². The fourth-order valence-corrected chi connectivity index (χ4v) is 2.98. The number of hydrogen-bond acceptors (Lipinski definition) is 5. The van der Waals surface area contributed by atoms with Crippen LogP contribution in [-0.2, 0) is 16.5 Å². The zero-order valence-electron chi connectivity index (χ0n) is 13.8. The molecule has 1 atom stereocenters. The summed E-state index contributed by atoms with van der Waals surface area (Å²) in [6.45, 7) is 1.46. The number of carbonyl (C=O) groups excluding carboxylic acids is 1. The molecule has 2 rings (SSSR count). The summed E-state index contributed by atoms with van der Waals surface area (Å²) >= 11 is 0.293. The van der Waals surface area contributed by atoms with E-state index in [-0.39, 0.29) is 0 Å². The lowest BCUT2D eigenvalue weighted by atomic mass is 9.88. The second-order valence-corrected chi connectivity index (χ2v) is 6.48. The number of rotatable bonds is 6. The van der Waals surface area contributed by atoms with Crippen LogP contribution in [0.3, 0.4) is 0 Å². The van der Waals surface area contributed by atoms with Gasteiger partial charge in [0.1, 0.15) is 11.4 Å². The van der Waals surface area contributed by atoms with E-state index in [1.165, 1.54) is 14.0 Å². The van der Waals surface area contributed by atoms with Gasteiger partial charge in [0.05, 0.1) is 19.1 Å². The van der Waals surface area contributed by atoms with Crippen molar-refractivity contribution in [3.8, 4) is 5.75 Å². The summed E-state index contributed by atoms with van der Waals surface area (Å²) < 4.78 is 43.0. The zero-order chi connectivity index (χ0) is 19.5. The summed E-state index contributed by atoms with van der Waals surface area (Å²) in [5.41, 5.74) is -1.37. The van der Waals surface area contributed by atoms with E-state index >= 15 is 0 Å². The molecule has 1 aromatic heterocycles. The van der Waals surface area contributed by atoms with Gasteiger partial charge in [0.15, 0.2) is 5.01 Å². The molecule has 0 aliphatic heterocycles. The Bertz CT molecular complexity index is 822. The van der Waals surface area contributed by atoms with Gasteiger partial charge in [-0.25, -0.2) is 4.98 Å². The molecule has 0 saturated heterocycles. The summed E-state index contributed by atoms with van der Waals surface area (Å²) in [4.78, 5) is 26.9. The van der Waals surface area contributed by atoms with Crippen LogP contribution >= 0.6 is 11.3 Å². The van der Waals surface area contributed by atoms with Gasteiger partial charge in [-0.05, 0) is 24.6 Å². The van der Waals surface area contributed by atoms with Crippen LogP contribution in [0.25, 0.3) is 0 Å². The van der Waals surface area contributed by atoms with E-state index in [2.05, 4.69) is 10.3 Å². The zero-order valence-corrected chi connectivity index (χ0v) is 14.6. The van der Waals surface area contributed by atoms with Crippen molar-refractivity contribution in [2.45, 2.75) is 25.1 Å². The number of nitrogens with zero attached hydrogens (tertiary/aromatic N) is 1. The third kappa shape index (κ3) is 4.51. The SMILES string of the molecule is COc1cccc(C(C)(CC(=O)O)NC(=O)c2csc(C(F)(F)F)n2)c1. The number of aliphatic carboxylic acids is 1. The van der Waals surface area contributed by atoms with Crippen LogP contribution in [0.1, 0.15) is 34.4 Å². The van der Waals surface area contributed by atoms with Crippen molar-refractivity contribution in [1.29, 1.82) is 0 Å². The van der Waals surface area contributed by atoms with E-state index in [9.17, 15) is 27.9 Å². The summed E-state index contributed by atoms with van der Waals surface area (Å²) in [5.74, 6) is -1.64. The van der Waals surface area contributed by atoms with Crippen LogP contribution < -0.4 is 10.1 Å². The molecule has 26 heavy (non-hydrogen) atoms. The number of alkyl halides is 3. The maximum Gasteiger partial charge on any atom is 0.443 e. The molecule has 140 valence electrons. The summed E-state index contributed by atoms with van der Waals surface area (Å²) in [7, 11) is 1.43. The number of carbonyl (C=O) groups is 2. The molecule has 0 spiro atoms. The smallest absolute Gasteiger partial charge is 0.443 e. The van der Waals surface area contributed by atoms with E-state index in [1.54, 1.807) is 24.3 Å². The molecule has 1 aromatic carbocycles. The maximum absolute atomic E-state index is 12.6. The first-order chi connectivity index (χ1) is 12.0. The van der Waals surface area contributed by atoms with Gasteiger partial charge >= 0.3 is 12.1 Å². The van der Waals surface area contributed by atoms with Crippen LogP contribution in [0.4, 0.5) is 13.2 Å². The highest BCUT2D eigenvalue weighted by Crippen LogP contribution is 2.32. The number of amides is 1. The number of hydrogen-bond donors (Lipinski definition) is 2.